The van der Waals surface area contributed by atoms with Gasteiger partial charge in [-0.2, -0.15) is 0 Å². The minimum absolute atomic E-state index is 0.329. The van der Waals surface area contributed by atoms with Gasteiger partial charge in [-0.1, -0.05) is 37.1 Å². The molecule has 1 saturated carbocycles. The summed E-state index contributed by atoms with van der Waals surface area (Å²) < 4.78 is 0. The lowest BCUT2D eigenvalue weighted by molar-refractivity contribution is -0.122. The van der Waals surface area contributed by atoms with Crippen LogP contribution < -0.4 is 0 Å². The van der Waals surface area contributed by atoms with Crippen molar-refractivity contribution in [2.24, 2.45) is 11.8 Å². The fourth-order valence-corrected chi connectivity index (χ4v) is 3.06. The highest BCUT2D eigenvalue weighted by Gasteiger charge is 2.28. The second-order valence-corrected chi connectivity index (χ2v) is 5.86. The Hall–Kier alpha value is -1.11. The van der Waals surface area contributed by atoms with Gasteiger partial charge < -0.3 is 0 Å². The van der Waals surface area contributed by atoms with Crippen LogP contribution in [0, 0.1) is 25.7 Å². The fourth-order valence-electron chi connectivity index (χ4n) is 3.06. The molecule has 18 heavy (non-hydrogen) atoms. The molecule has 1 heteroatoms. The first kappa shape index (κ1) is 13.3. The number of ketones is 1. The van der Waals surface area contributed by atoms with Gasteiger partial charge in [-0.05, 0) is 50.2 Å². The quantitative estimate of drug-likeness (QED) is 0.774. The Morgan fingerprint density at radius 2 is 2.06 bits per heavy atom. The van der Waals surface area contributed by atoms with E-state index in [9.17, 15) is 4.79 Å². The first-order valence-electron chi connectivity index (χ1n) is 7.19. The van der Waals surface area contributed by atoms with Gasteiger partial charge >= 0.3 is 0 Å². The van der Waals surface area contributed by atoms with Gasteiger partial charge in [0.25, 0.3) is 0 Å². The molecule has 1 aromatic rings. The summed E-state index contributed by atoms with van der Waals surface area (Å²) in [6.07, 6.45) is 5.35. The minimum Gasteiger partial charge on any atom is -0.299 e. The fraction of sp³-hybridized carbons (Fsp3) is 0.588. The molecule has 0 bridgehead atoms. The first-order chi connectivity index (χ1) is 8.60. The van der Waals surface area contributed by atoms with E-state index in [0.717, 1.165) is 18.8 Å². The largest absolute Gasteiger partial charge is 0.299 e. The van der Waals surface area contributed by atoms with Crippen LogP contribution in [0.15, 0.2) is 18.2 Å². The molecule has 2 unspecified atom stereocenters. The van der Waals surface area contributed by atoms with Crippen molar-refractivity contribution in [2.45, 2.75) is 52.9 Å². The Morgan fingerprint density at radius 1 is 1.28 bits per heavy atom. The molecule has 1 aliphatic carbocycles. The molecule has 0 radical (unpaired) electrons. The van der Waals surface area contributed by atoms with Gasteiger partial charge in [0, 0.05) is 12.3 Å². The van der Waals surface area contributed by atoms with Gasteiger partial charge in [0.1, 0.15) is 5.78 Å². The molecule has 1 aromatic carbocycles. The van der Waals surface area contributed by atoms with Gasteiger partial charge in [-0.25, -0.2) is 0 Å². The average Bonchev–Trinajstić information content (AvgIpc) is 2.82. The smallest absolute Gasteiger partial charge is 0.140 e. The highest BCUT2D eigenvalue weighted by atomic mass is 16.1. The summed E-state index contributed by atoms with van der Waals surface area (Å²) in [5.41, 5.74) is 3.72. The van der Waals surface area contributed by atoms with E-state index in [0.29, 0.717) is 18.1 Å². The van der Waals surface area contributed by atoms with Crippen molar-refractivity contribution in [3.63, 3.8) is 0 Å². The Balaban J connectivity index is 2.01. The number of Topliss-reactive ketones (excluding diaryl/α,β-unsaturated/α-hetero) is 1. The van der Waals surface area contributed by atoms with E-state index in [1.165, 1.54) is 29.5 Å². The van der Waals surface area contributed by atoms with Gasteiger partial charge in [0.2, 0.25) is 0 Å². The number of hydrogen-bond acceptors (Lipinski definition) is 1. The molecule has 0 saturated heterocycles. The topological polar surface area (TPSA) is 17.1 Å². The summed E-state index contributed by atoms with van der Waals surface area (Å²) >= 11 is 0. The zero-order valence-electron chi connectivity index (χ0n) is 11.8. The summed E-state index contributed by atoms with van der Waals surface area (Å²) in [7, 11) is 0. The van der Waals surface area contributed by atoms with E-state index >= 15 is 0 Å². The molecule has 0 aliphatic heterocycles. The van der Waals surface area contributed by atoms with Crippen molar-refractivity contribution in [3.05, 3.63) is 34.9 Å². The number of aryl methyl sites for hydroxylation is 2. The van der Waals surface area contributed by atoms with Crippen LogP contribution in [-0.4, -0.2) is 5.78 Å². The molecule has 0 amide bonds. The maximum absolute atomic E-state index is 12.3. The predicted octanol–water partition coefficient (Wildman–Crippen LogP) is 4.24. The molecule has 2 atom stereocenters. The van der Waals surface area contributed by atoms with E-state index in [2.05, 4.69) is 39.0 Å². The van der Waals surface area contributed by atoms with E-state index in [-0.39, 0.29) is 0 Å². The highest BCUT2D eigenvalue weighted by Crippen LogP contribution is 2.34. The Morgan fingerprint density at radius 3 is 2.72 bits per heavy atom. The van der Waals surface area contributed by atoms with E-state index in [4.69, 9.17) is 0 Å². The standard InChI is InChI=1S/C17H24O/c1-4-14-7-8-15(10-14)17(18)11-16-9-12(2)5-6-13(16)3/h5-6,9,14-15H,4,7-8,10-11H2,1-3H3. The molecular formula is C17H24O. The van der Waals surface area contributed by atoms with E-state index < -0.39 is 0 Å². The summed E-state index contributed by atoms with van der Waals surface area (Å²) in [5.74, 6) is 1.58. The molecule has 98 valence electrons. The van der Waals surface area contributed by atoms with Crippen molar-refractivity contribution in [2.75, 3.05) is 0 Å². The average molecular weight is 244 g/mol. The van der Waals surface area contributed by atoms with Crippen molar-refractivity contribution in [1.82, 2.24) is 0 Å². The van der Waals surface area contributed by atoms with Crippen LogP contribution in [0.3, 0.4) is 0 Å². The van der Waals surface area contributed by atoms with Crippen molar-refractivity contribution in [3.8, 4) is 0 Å². The SMILES string of the molecule is CCC1CCC(C(=O)Cc2cc(C)ccc2C)C1. The van der Waals surface area contributed by atoms with Crippen LogP contribution in [0.5, 0.6) is 0 Å². The lowest BCUT2D eigenvalue weighted by Crippen LogP contribution is -2.14. The molecule has 2 rings (SSSR count). The Bertz CT molecular complexity index is 433. The van der Waals surface area contributed by atoms with Crippen LogP contribution in [0.25, 0.3) is 0 Å². The van der Waals surface area contributed by atoms with Crippen LogP contribution in [0.2, 0.25) is 0 Å². The summed E-state index contributed by atoms with van der Waals surface area (Å²) in [6, 6.07) is 6.41. The number of rotatable bonds is 4. The Labute approximate surface area is 111 Å². The van der Waals surface area contributed by atoms with Crippen molar-refractivity contribution in [1.29, 1.82) is 0 Å². The third-order valence-corrected chi connectivity index (χ3v) is 4.44. The maximum Gasteiger partial charge on any atom is 0.140 e. The first-order valence-corrected chi connectivity index (χ1v) is 7.19. The lowest BCUT2D eigenvalue weighted by atomic mass is 9.92. The summed E-state index contributed by atoms with van der Waals surface area (Å²) in [6.45, 7) is 6.43. The molecule has 0 aromatic heterocycles. The monoisotopic (exact) mass is 244 g/mol. The molecular weight excluding hydrogens is 220 g/mol. The number of benzene rings is 1. The molecule has 0 spiro atoms. The zero-order chi connectivity index (χ0) is 13.1. The van der Waals surface area contributed by atoms with Crippen LogP contribution >= 0.6 is 0 Å². The van der Waals surface area contributed by atoms with Gasteiger partial charge in [0.05, 0.1) is 0 Å². The minimum atomic E-state index is 0.329. The third kappa shape index (κ3) is 3.01. The second-order valence-electron chi connectivity index (χ2n) is 5.86. The lowest BCUT2D eigenvalue weighted by Gasteiger charge is -2.11. The molecule has 1 nitrogen and oxygen atoms in total. The third-order valence-electron chi connectivity index (χ3n) is 4.44. The van der Waals surface area contributed by atoms with Crippen LogP contribution in [0.1, 0.15) is 49.3 Å². The van der Waals surface area contributed by atoms with E-state index in [1.807, 2.05) is 0 Å². The summed E-state index contributed by atoms with van der Waals surface area (Å²) in [4.78, 5) is 12.3. The van der Waals surface area contributed by atoms with E-state index in [1.54, 1.807) is 0 Å². The number of carbonyl (C=O) groups is 1. The van der Waals surface area contributed by atoms with Crippen molar-refractivity contribution >= 4 is 5.78 Å². The molecule has 0 heterocycles. The molecule has 1 fully saturated rings. The predicted molar refractivity (Wildman–Crippen MR) is 75.7 cm³/mol. The van der Waals surface area contributed by atoms with Gasteiger partial charge in [-0.15, -0.1) is 0 Å². The van der Waals surface area contributed by atoms with Gasteiger partial charge in [-0.3, -0.25) is 4.79 Å². The Kier molecular flexibility index (Phi) is 4.21. The number of hydrogen-bond donors (Lipinski definition) is 0. The van der Waals surface area contributed by atoms with Crippen LogP contribution in [0.4, 0.5) is 0 Å². The number of carbonyl (C=O) groups excluding carboxylic acids is 1. The van der Waals surface area contributed by atoms with Gasteiger partial charge in [0.15, 0.2) is 0 Å². The highest BCUT2D eigenvalue weighted by molar-refractivity contribution is 5.83. The summed E-state index contributed by atoms with van der Waals surface area (Å²) in [5, 5.41) is 0. The molecule has 0 N–H and O–H groups in total. The maximum atomic E-state index is 12.3. The zero-order valence-corrected chi connectivity index (χ0v) is 11.8. The molecule has 1 aliphatic rings. The second kappa shape index (κ2) is 5.69. The van der Waals surface area contributed by atoms with Crippen LogP contribution in [-0.2, 0) is 11.2 Å². The van der Waals surface area contributed by atoms with Crippen molar-refractivity contribution < 1.29 is 4.79 Å². The normalized spacial score (nSPS) is 23.3.